The maximum Gasteiger partial charge on any atom is 0.328 e. The molecule has 8 heteroatoms. The van der Waals surface area contributed by atoms with Crippen LogP contribution in [0.3, 0.4) is 0 Å². The molecule has 0 radical (unpaired) electrons. The van der Waals surface area contributed by atoms with E-state index in [1.165, 1.54) is 11.1 Å². The maximum atomic E-state index is 12.3. The van der Waals surface area contributed by atoms with E-state index >= 15 is 0 Å². The van der Waals surface area contributed by atoms with Crippen LogP contribution in [0.1, 0.15) is 30.4 Å². The number of aromatic nitrogens is 4. The Balaban J connectivity index is 1.12. The highest BCUT2D eigenvalue weighted by molar-refractivity contribution is 5.76. The van der Waals surface area contributed by atoms with Gasteiger partial charge in [-0.05, 0) is 43.0 Å². The van der Waals surface area contributed by atoms with Crippen molar-refractivity contribution in [3.05, 3.63) is 70.5 Å². The lowest BCUT2D eigenvalue weighted by atomic mass is 9.86. The van der Waals surface area contributed by atoms with Crippen molar-refractivity contribution in [2.75, 3.05) is 13.2 Å². The van der Waals surface area contributed by atoms with Crippen LogP contribution in [-0.2, 0) is 31.9 Å². The smallest absolute Gasteiger partial charge is 0.328 e. The molecule has 3 aromatic heterocycles. The van der Waals surface area contributed by atoms with Crippen molar-refractivity contribution in [3.63, 3.8) is 0 Å². The number of ether oxygens (including phenoxy) is 1. The zero-order valence-electron chi connectivity index (χ0n) is 19.9. The van der Waals surface area contributed by atoms with E-state index in [1.807, 2.05) is 32.7 Å². The topological polar surface area (TPSA) is 68.7 Å². The molecule has 1 N–H and O–H groups in total. The van der Waals surface area contributed by atoms with Gasteiger partial charge in [0.15, 0.2) is 0 Å². The third kappa shape index (κ3) is 3.76. The highest BCUT2D eigenvalue weighted by Crippen LogP contribution is 2.30. The summed E-state index contributed by atoms with van der Waals surface area (Å²) in [6, 6.07) is 11.5. The molecule has 3 atom stereocenters. The van der Waals surface area contributed by atoms with Gasteiger partial charge in [0.2, 0.25) is 0 Å². The first-order valence-corrected chi connectivity index (χ1v) is 12.2. The van der Waals surface area contributed by atoms with Gasteiger partial charge in [0, 0.05) is 70.0 Å². The van der Waals surface area contributed by atoms with Crippen molar-refractivity contribution < 1.29 is 4.74 Å². The average Bonchev–Trinajstić information content (AvgIpc) is 3.43. The molecule has 0 unspecified atom stereocenters. The van der Waals surface area contributed by atoms with Crippen LogP contribution in [0, 0.1) is 0 Å². The Labute approximate surface area is 198 Å². The first-order valence-electron chi connectivity index (χ1n) is 12.2. The number of hydrogen-bond acceptors (Lipinski definition) is 5. The van der Waals surface area contributed by atoms with Crippen LogP contribution in [-0.4, -0.2) is 54.8 Å². The van der Waals surface area contributed by atoms with Crippen molar-refractivity contribution in [2.24, 2.45) is 14.1 Å². The fourth-order valence-electron chi connectivity index (χ4n) is 5.86. The molecule has 34 heavy (non-hydrogen) atoms. The molecular formula is C26H32N6O2. The van der Waals surface area contributed by atoms with E-state index in [-0.39, 0.29) is 11.8 Å². The number of nitrogens with zero attached hydrogens (tertiary/aromatic N) is 5. The van der Waals surface area contributed by atoms with Crippen LogP contribution in [0.25, 0.3) is 16.7 Å². The Bertz CT molecular complexity index is 1390. The zero-order chi connectivity index (χ0) is 23.2. The van der Waals surface area contributed by atoms with Gasteiger partial charge in [-0.3, -0.25) is 14.0 Å². The maximum absolute atomic E-state index is 12.3. The van der Waals surface area contributed by atoms with Crippen molar-refractivity contribution in [3.8, 4) is 0 Å². The summed E-state index contributed by atoms with van der Waals surface area (Å²) in [5.74, 6) is 0. The van der Waals surface area contributed by atoms with Gasteiger partial charge in [-0.25, -0.2) is 9.78 Å². The van der Waals surface area contributed by atoms with Crippen LogP contribution < -0.4 is 11.0 Å². The van der Waals surface area contributed by atoms with Crippen LogP contribution in [0.5, 0.6) is 0 Å². The minimum Gasteiger partial charge on any atom is -0.375 e. The molecule has 0 bridgehead atoms. The fourth-order valence-corrected chi connectivity index (χ4v) is 5.86. The van der Waals surface area contributed by atoms with Gasteiger partial charge in [-0.15, -0.1) is 0 Å². The predicted octanol–water partition coefficient (Wildman–Crippen LogP) is 2.44. The van der Waals surface area contributed by atoms with Gasteiger partial charge in [-0.2, -0.15) is 0 Å². The number of rotatable bonds is 5. The fraction of sp³-hybridized carbons (Fsp3) is 0.462. The molecule has 0 amide bonds. The summed E-state index contributed by atoms with van der Waals surface area (Å²) >= 11 is 0. The first kappa shape index (κ1) is 21.6. The van der Waals surface area contributed by atoms with Gasteiger partial charge in [-0.1, -0.05) is 12.1 Å². The minimum atomic E-state index is 0.0217. The molecule has 2 fully saturated rings. The minimum absolute atomic E-state index is 0.0217. The largest absolute Gasteiger partial charge is 0.375 e. The summed E-state index contributed by atoms with van der Waals surface area (Å²) in [7, 11) is 3.68. The molecule has 6 rings (SSSR count). The summed E-state index contributed by atoms with van der Waals surface area (Å²) < 4.78 is 11.8. The number of fused-ring (bicyclic) bond motifs is 3. The number of benzene rings is 1. The summed E-state index contributed by atoms with van der Waals surface area (Å²) in [5, 5.41) is 3.76. The van der Waals surface area contributed by atoms with Crippen LogP contribution in [0.15, 0.2) is 53.7 Å². The molecule has 1 aliphatic carbocycles. The van der Waals surface area contributed by atoms with E-state index in [0.29, 0.717) is 12.1 Å². The molecule has 1 aliphatic heterocycles. The molecule has 0 spiro atoms. The molecular weight excluding hydrogens is 428 g/mol. The van der Waals surface area contributed by atoms with E-state index < -0.39 is 0 Å². The average molecular weight is 461 g/mol. The van der Waals surface area contributed by atoms with Crippen LogP contribution in [0.2, 0.25) is 0 Å². The Morgan fingerprint density at radius 2 is 2.00 bits per heavy atom. The van der Waals surface area contributed by atoms with Gasteiger partial charge in [0.1, 0.15) is 5.65 Å². The van der Waals surface area contributed by atoms with Crippen LogP contribution in [0.4, 0.5) is 0 Å². The molecule has 1 saturated heterocycles. The Morgan fingerprint density at radius 1 is 1.12 bits per heavy atom. The Hall–Kier alpha value is -2.94. The highest BCUT2D eigenvalue weighted by Gasteiger charge is 2.37. The number of pyridine rings is 1. The summed E-state index contributed by atoms with van der Waals surface area (Å²) in [4.78, 5) is 19.4. The quantitative estimate of drug-likeness (QED) is 0.496. The zero-order valence-corrected chi connectivity index (χ0v) is 19.9. The standard InChI is InChI=1S/C26H32N6O2/c1-29-21-7-5-18(14-23(21)30(2)26(29)33)17-32-12-13-34-24-15-20(6-8-22(24)32)28-16-19-4-3-10-31-11-9-27-25(19)31/h3-5,7,9-11,14,20,22,24,28H,6,8,12-13,15-17H2,1-2H3/t20-,22+,24-/m1/s1. The lowest BCUT2D eigenvalue weighted by Gasteiger charge is -2.46. The molecule has 1 aromatic carbocycles. The van der Waals surface area contributed by atoms with E-state index in [1.54, 1.807) is 9.13 Å². The summed E-state index contributed by atoms with van der Waals surface area (Å²) in [5.41, 5.74) is 5.50. The monoisotopic (exact) mass is 460 g/mol. The number of morpholine rings is 1. The predicted molar refractivity (Wildman–Crippen MR) is 132 cm³/mol. The van der Waals surface area contributed by atoms with Gasteiger partial charge in [0.25, 0.3) is 0 Å². The van der Waals surface area contributed by atoms with Gasteiger partial charge in [0.05, 0.1) is 23.7 Å². The van der Waals surface area contributed by atoms with Crippen molar-refractivity contribution in [1.29, 1.82) is 0 Å². The summed E-state index contributed by atoms with van der Waals surface area (Å²) in [6.45, 7) is 3.44. The number of hydrogen-bond donors (Lipinski definition) is 1. The van der Waals surface area contributed by atoms with Crippen LogP contribution >= 0.6 is 0 Å². The molecule has 1 saturated carbocycles. The van der Waals surface area contributed by atoms with Crippen molar-refractivity contribution in [2.45, 2.75) is 50.5 Å². The van der Waals surface area contributed by atoms with E-state index in [9.17, 15) is 4.79 Å². The normalized spacial score (nSPS) is 23.5. The van der Waals surface area contributed by atoms with E-state index in [0.717, 1.165) is 62.2 Å². The highest BCUT2D eigenvalue weighted by atomic mass is 16.5. The molecule has 4 heterocycles. The molecule has 2 aliphatic rings. The SMILES string of the molecule is Cn1c(=O)n(C)c2cc(CN3CCO[C@@H]4C[C@H](NCc5cccn6ccnc56)CC[C@@H]43)ccc21. The second-order valence-corrected chi connectivity index (χ2v) is 9.75. The Kier molecular flexibility index (Phi) is 5.51. The van der Waals surface area contributed by atoms with Crippen molar-refractivity contribution >= 4 is 16.7 Å². The molecule has 178 valence electrons. The van der Waals surface area contributed by atoms with E-state index in [2.05, 4.69) is 49.9 Å². The third-order valence-corrected chi connectivity index (χ3v) is 7.74. The van der Waals surface area contributed by atoms with E-state index in [4.69, 9.17) is 4.74 Å². The number of nitrogens with one attached hydrogen (secondary N) is 1. The lowest BCUT2D eigenvalue weighted by molar-refractivity contribution is -0.0965. The summed E-state index contributed by atoms with van der Waals surface area (Å²) in [6.07, 6.45) is 9.44. The molecule has 8 nitrogen and oxygen atoms in total. The van der Waals surface area contributed by atoms with Crippen molar-refractivity contribution in [1.82, 2.24) is 28.7 Å². The number of aryl methyl sites for hydroxylation is 2. The third-order valence-electron chi connectivity index (χ3n) is 7.74. The second-order valence-electron chi connectivity index (χ2n) is 9.75. The Morgan fingerprint density at radius 3 is 2.91 bits per heavy atom. The van der Waals surface area contributed by atoms with Gasteiger partial charge < -0.3 is 14.5 Å². The van der Waals surface area contributed by atoms with Gasteiger partial charge >= 0.3 is 5.69 Å². The molecule has 4 aromatic rings. The number of imidazole rings is 2. The first-order chi connectivity index (χ1) is 16.6. The second kappa shape index (κ2) is 8.69. The lowest BCUT2D eigenvalue weighted by Crippen LogP contribution is -2.55.